The Hall–Kier alpha value is -2.19. The zero-order chi connectivity index (χ0) is 21.6. The van der Waals surface area contributed by atoms with Crippen LogP contribution in [0.4, 0.5) is 0 Å². The van der Waals surface area contributed by atoms with Crippen molar-refractivity contribution in [1.29, 1.82) is 0 Å². The Morgan fingerprint density at radius 1 is 1.16 bits per heavy atom. The van der Waals surface area contributed by atoms with Crippen LogP contribution >= 0.6 is 0 Å². The molecule has 0 aliphatic carbocycles. The lowest BCUT2D eigenvalue weighted by molar-refractivity contribution is -0.104. The number of likely N-dealkylation sites (tertiary alicyclic amines) is 2. The molecule has 1 amide bonds. The number of amides is 1. The van der Waals surface area contributed by atoms with Gasteiger partial charge in [0.1, 0.15) is 0 Å². The number of aromatic nitrogens is 4. The van der Waals surface area contributed by atoms with Crippen LogP contribution in [0, 0.1) is 6.92 Å². The lowest BCUT2D eigenvalue weighted by Crippen LogP contribution is -2.49. The summed E-state index contributed by atoms with van der Waals surface area (Å²) >= 11 is 0. The molecule has 5 rings (SSSR count). The van der Waals surface area contributed by atoms with Gasteiger partial charge in [-0.25, -0.2) is 0 Å². The molecule has 168 valence electrons. The summed E-state index contributed by atoms with van der Waals surface area (Å²) in [7, 11) is 1.97. The van der Waals surface area contributed by atoms with Crippen molar-refractivity contribution in [2.24, 2.45) is 7.05 Å². The number of carbonyl (C=O) groups excluding carboxylic acids is 1. The van der Waals surface area contributed by atoms with E-state index in [1.807, 2.05) is 21.3 Å². The molecule has 3 aliphatic heterocycles. The van der Waals surface area contributed by atoms with E-state index in [0.29, 0.717) is 12.3 Å². The summed E-state index contributed by atoms with van der Waals surface area (Å²) in [6, 6.07) is 0. The number of ether oxygens (including phenoxy) is 1. The van der Waals surface area contributed by atoms with Crippen LogP contribution in [0.15, 0.2) is 6.20 Å². The van der Waals surface area contributed by atoms with Gasteiger partial charge in [0.15, 0.2) is 5.69 Å². The van der Waals surface area contributed by atoms with E-state index in [4.69, 9.17) is 4.74 Å². The van der Waals surface area contributed by atoms with E-state index in [2.05, 4.69) is 35.1 Å². The molecular formula is C23H34N6O2. The monoisotopic (exact) mass is 426 g/mol. The van der Waals surface area contributed by atoms with Crippen molar-refractivity contribution in [1.82, 2.24) is 29.4 Å². The maximum atomic E-state index is 12.9. The highest BCUT2D eigenvalue weighted by molar-refractivity contribution is 5.94. The summed E-state index contributed by atoms with van der Waals surface area (Å²) in [6.07, 6.45) is 7.23. The number of rotatable bonds is 4. The first-order valence-electron chi connectivity index (χ1n) is 11.7. The second-order valence-electron chi connectivity index (χ2n) is 9.42. The molecule has 0 atom stereocenters. The smallest absolute Gasteiger partial charge is 0.274 e. The van der Waals surface area contributed by atoms with E-state index in [1.165, 1.54) is 11.3 Å². The molecule has 0 N–H and O–H groups in total. The van der Waals surface area contributed by atoms with Gasteiger partial charge in [0.25, 0.3) is 5.91 Å². The van der Waals surface area contributed by atoms with Crippen LogP contribution in [0.25, 0.3) is 0 Å². The van der Waals surface area contributed by atoms with Crippen molar-refractivity contribution in [2.45, 2.75) is 71.2 Å². The molecule has 3 aliphatic rings. The minimum absolute atomic E-state index is 0.0757. The van der Waals surface area contributed by atoms with Crippen molar-refractivity contribution in [3.63, 3.8) is 0 Å². The first-order chi connectivity index (χ1) is 15.0. The predicted octanol–water partition coefficient (Wildman–Crippen LogP) is 2.29. The number of hydrogen-bond donors (Lipinski definition) is 0. The third-order valence-electron chi connectivity index (χ3n) is 7.42. The maximum Gasteiger partial charge on any atom is 0.274 e. The van der Waals surface area contributed by atoms with E-state index in [-0.39, 0.29) is 11.5 Å². The van der Waals surface area contributed by atoms with Gasteiger partial charge < -0.3 is 9.64 Å². The number of carbonyl (C=O) groups is 1. The van der Waals surface area contributed by atoms with Gasteiger partial charge in [0.05, 0.1) is 17.9 Å². The molecule has 0 radical (unpaired) electrons. The van der Waals surface area contributed by atoms with E-state index in [1.54, 1.807) is 0 Å². The molecule has 2 saturated heterocycles. The number of aryl methyl sites for hydroxylation is 3. The second kappa shape index (κ2) is 8.06. The van der Waals surface area contributed by atoms with Gasteiger partial charge in [-0.3, -0.25) is 19.1 Å². The summed E-state index contributed by atoms with van der Waals surface area (Å²) in [5, 5.41) is 9.21. The van der Waals surface area contributed by atoms with E-state index in [9.17, 15) is 4.79 Å². The van der Waals surface area contributed by atoms with Gasteiger partial charge in [-0.15, -0.1) is 0 Å². The molecule has 0 aromatic carbocycles. The number of piperidine rings is 1. The summed E-state index contributed by atoms with van der Waals surface area (Å²) < 4.78 is 10.4. The summed E-state index contributed by atoms with van der Waals surface area (Å²) in [5.41, 5.74) is 5.12. The molecule has 5 heterocycles. The molecular weight excluding hydrogens is 392 g/mol. The minimum atomic E-state index is -0.131. The van der Waals surface area contributed by atoms with Crippen molar-refractivity contribution >= 4 is 5.91 Å². The SMILES string of the molecule is CCn1cc(CN2CCC3(CC2)Cc2c(c(C(=O)N4CCCC4)nn2C)CO3)c(C)n1. The van der Waals surface area contributed by atoms with E-state index < -0.39 is 0 Å². The van der Waals surface area contributed by atoms with Crippen LogP contribution in [0.3, 0.4) is 0 Å². The average Bonchev–Trinajstić information content (AvgIpc) is 3.50. The molecule has 2 aromatic rings. The van der Waals surface area contributed by atoms with Crippen LogP contribution in [-0.4, -0.2) is 67.0 Å². The highest BCUT2D eigenvalue weighted by Crippen LogP contribution is 2.38. The van der Waals surface area contributed by atoms with Gasteiger partial charge in [-0.2, -0.15) is 10.2 Å². The zero-order valence-electron chi connectivity index (χ0n) is 19.1. The van der Waals surface area contributed by atoms with Crippen LogP contribution < -0.4 is 0 Å². The van der Waals surface area contributed by atoms with Gasteiger partial charge in [0, 0.05) is 75.8 Å². The van der Waals surface area contributed by atoms with Crippen molar-refractivity contribution < 1.29 is 9.53 Å². The largest absolute Gasteiger partial charge is 0.370 e. The first-order valence-corrected chi connectivity index (χ1v) is 11.7. The Morgan fingerprint density at radius 2 is 1.90 bits per heavy atom. The molecule has 0 bridgehead atoms. The average molecular weight is 427 g/mol. The van der Waals surface area contributed by atoms with Gasteiger partial charge >= 0.3 is 0 Å². The summed E-state index contributed by atoms with van der Waals surface area (Å²) in [4.78, 5) is 17.4. The second-order valence-corrected chi connectivity index (χ2v) is 9.42. The third-order valence-corrected chi connectivity index (χ3v) is 7.42. The lowest BCUT2D eigenvalue weighted by atomic mass is 9.83. The molecule has 0 saturated carbocycles. The molecule has 1 spiro atoms. The van der Waals surface area contributed by atoms with Crippen molar-refractivity contribution in [3.8, 4) is 0 Å². The topological polar surface area (TPSA) is 68.4 Å². The predicted molar refractivity (Wildman–Crippen MR) is 117 cm³/mol. The van der Waals surface area contributed by atoms with Gasteiger partial charge in [-0.1, -0.05) is 0 Å². The maximum absolute atomic E-state index is 12.9. The van der Waals surface area contributed by atoms with Crippen molar-refractivity contribution in [2.75, 3.05) is 26.2 Å². The Bertz CT molecular complexity index is 963. The minimum Gasteiger partial charge on any atom is -0.370 e. The van der Waals surface area contributed by atoms with E-state index >= 15 is 0 Å². The fourth-order valence-corrected chi connectivity index (χ4v) is 5.36. The number of fused-ring (bicyclic) bond motifs is 1. The Morgan fingerprint density at radius 3 is 2.58 bits per heavy atom. The molecule has 2 fully saturated rings. The molecule has 8 heteroatoms. The fraction of sp³-hybridized carbons (Fsp3) is 0.696. The molecule has 0 unspecified atom stereocenters. The fourth-order valence-electron chi connectivity index (χ4n) is 5.36. The highest BCUT2D eigenvalue weighted by Gasteiger charge is 2.42. The normalized spacial score (nSPS) is 21.1. The van der Waals surface area contributed by atoms with Gasteiger partial charge in [0.2, 0.25) is 0 Å². The Kier molecular flexibility index (Phi) is 5.38. The Balaban J connectivity index is 1.26. The van der Waals surface area contributed by atoms with Crippen LogP contribution in [0.1, 0.15) is 65.6 Å². The molecule has 2 aromatic heterocycles. The summed E-state index contributed by atoms with van der Waals surface area (Å²) in [6.45, 7) is 10.3. The first kappa shape index (κ1) is 20.7. The van der Waals surface area contributed by atoms with Crippen LogP contribution in [0.2, 0.25) is 0 Å². The van der Waals surface area contributed by atoms with Crippen LogP contribution in [0.5, 0.6) is 0 Å². The van der Waals surface area contributed by atoms with Crippen LogP contribution in [-0.2, 0) is 37.9 Å². The summed E-state index contributed by atoms with van der Waals surface area (Å²) in [5.74, 6) is 0.0757. The number of nitrogens with zero attached hydrogens (tertiary/aromatic N) is 6. The Labute approximate surface area is 184 Å². The third kappa shape index (κ3) is 3.80. The standard InChI is InChI=1S/C23H34N6O2/c1-4-29-15-18(17(2)24-29)14-27-11-7-23(8-12-27)13-20-19(16-31-23)21(25-26(20)3)22(30)28-9-5-6-10-28/h15H,4-14,16H2,1-3H3. The van der Waals surface area contributed by atoms with Crippen molar-refractivity contribution in [3.05, 3.63) is 34.4 Å². The van der Waals surface area contributed by atoms with Gasteiger partial charge in [-0.05, 0) is 39.5 Å². The number of hydrogen-bond acceptors (Lipinski definition) is 5. The zero-order valence-corrected chi connectivity index (χ0v) is 19.1. The quantitative estimate of drug-likeness (QED) is 0.750. The lowest BCUT2D eigenvalue weighted by Gasteiger charge is -2.44. The van der Waals surface area contributed by atoms with E-state index in [0.717, 1.165) is 82.6 Å². The molecule has 31 heavy (non-hydrogen) atoms. The molecule has 8 nitrogen and oxygen atoms in total. The highest BCUT2D eigenvalue weighted by atomic mass is 16.5.